The lowest BCUT2D eigenvalue weighted by Gasteiger charge is -2.17. The fraction of sp³-hybridized carbons (Fsp3) is 0.375. The molecular formula is C16H17N3O9S. The number of amides is 3. The van der Waals surface area contributed by atoms with Crippen LogP contribution in [0.25, 0.3) is 0 Å². The van der Waals surface area contributed by atoms with E-state index in [-0.39, 0.29) is 23.3 Å². The number of imide groups is 1. The predicted octanol–water partition coefficient (Wildman–Crippen LogP) is -0.415. The van der Waals surface area contributed by atoms with Crippen LogP contribution in [0, 0.1) is 10.1 Å². The van der Waals surface area contributed by atoms with E-state index >= 15 is 0 Å². The number of carbonyl (C=O) groups is 4. The average Bonchev–Trinajstić information content (AvgIpc) is 2.89. The van der Waals surface area contributed by atoms with Crippen LogP contribution in [0.15, 0.2) is 18.2 Å². The first kappa shape index (κ1) is 21.9. The Morgan fingerprint density at radius 2 is 1.86 bits per heavy atom. The van der Waals surface area contributed by atoms with Crippen LogP contribution < -0.4 is 5.32 Å². The number of nitrogens with zero attached hydrogens (tertiary/aromatic N) is 2. The van der Waals surface area contributed by atoms with Gasteiger partial charge in [0.05, 0.1) is 21.8 Å². The molecule has 0 saturated heterocycles. The van der Waals surface area contributed by atoms with Gasteiger partial charge in [0.1, 0.15) is 22.4 Å². The van der Waals surface area contributed by atoms with Gasteiger partial charge in [-0.15, -0.1) is 0 Å². The first-order valence-electron chi connectivity index (χ1n) is 8.34. The molecule has 0 spiro atoms. The highest BCUT2D eigenvalue weighted by Gasteiger charge is 2.38. The van der Waals surface area contributed by atoms with Gasteiger partial charge < -0.3 is 10.4 Å². The second-order valence-electron chi connectivity index (χ2n) is 6.17. The van der Waals surface area contributed by atoms with E-state index in [4.69, 9.17) is 5.11 Å². The highest BCUT2D eigenvalue weighted by Crippen LogP contribution is 2.26. The van der Waals surface area contributed by atoms with Gasteiger partial charge in [-0.05, 0) is 12.5 Å². The molecule has 0 bridgehead atoms. The van der Waals surface area contributed by atoms with E-state index in [1.807, 2.05) is 0 Å². The molecule has 12 nitrogen and oxygen atoms in total. The van der Waals surface area contributed by atoms with E-state index in [9.17, 15) is 37.7 Å². The number of carboxylic acid groups (broad SMARTS) is 1. The molecule has 29 heavy (non-hydrogen) atoms. The number of nitro groups is 1. The molecule has 3 amide bonds. The highest BCUT2D eigenvalue weighted by molar-refractivity contribution is 7.91. The second-order valence-corrected chi connectivity index (χ2v) is 8.64. The van der Waals surface area contributed by atoms with Gasteiger partial charge in [-0.25, -0.2) is 13.2 Å². The first-order chi connectivity index (χ1) is 13.5. The fourth-order valence-corrected chi connectivity index (χ4v) is 3.50. The van der Waals surface area contributed by atoms with Crippen molar-refractivity contribution in [1.82, 2.24) is 10.2 Å². The molecule has 0 saturated carbocycles. The Hall–Kier alpha value is -3.35. The summed E-state index contributed by atoms with van der Waals surface area (Å²) in [4.78, 5) is 58.7. The fourth-order valence-electron chi connectivity index (χ4n) is 2.62. The summed E-state index contributed by atoms with van der Waals surface area (Å²) < 4.78 is 23.1. The summed E-state index contributed by atoms with van der Waals surface area (Å²) >= 11 is 0. The van der Waals surface area contributed by atoms with E-state index < -0.39 is 62.5 Å². The van der Waals surface area contributed by atoms with Gasteiger partial charge in [0, 0.05) is 17.9 Å². The lowest BCUT2D eigenvalue weighted by molar-refractivity contribution is -0.384. The largest absolute Gasteiger partial charge is 0.480 e. The maximum Gasteiger partial charge on any atom is 0.326 e. The SMILES string of the molecule is CCS(=O)(=O)CCC(NC(=O)CN1C(=O)c2ccc([N+](=O)[O-])cc2C1=O)C(=O)O. The number of rotatable bonds is 9. The van der Waals surface area contributed by atoms with Gasteiger partial charge in [-0.3, -0.25) is 29.4 Å². The normalized spacial score (nSPS) is 14.4. The van der Waals surface area contributed by atoms with Crippen LogP contribution >= 0.6 is 0 Å². The number of hydrogen-bond acceptors (Lipinski definition) is 8. The van der Waals surface area contributed by atoms with E-state index in [2.05, 4.69) is 5.32 Å². The summed E-state index contributed by atoms with van der Waals surface area (Å²) in [6, 6.07) is 1.53. The zero-order valence-corrected chi connectivity index (χ0v) is 16.0. The number of sulfone groups is 1. The topological polar surface area (TPSA) is 181 Å². The van der Waals surface area contributed by atoms with Crippen molar-refractivity contribution in [2.45, 2.75) is 19.4 Å². The van der Waals surface area contributed by atoms with Crippen LogP contribution in [-0.2, 0) is 19.4 Å². The van der Waals surface area contributed by atoms with Crippen LogP contribution in [0.4, 0.5) is 5.69 Å². The molecule has 0 radical (unpaired) electrons. The zero-order valence-electron chi connectivity index (χ0n) is 15.2. The quantitative estimate of drug-likeness (QED) is 0.300. The summed E-state index contributed by atoms with van der Waals surface area (Å²) in [6.45, 7) is 0.584. The van der Waals surface area contributed by atoms with Crippen LogP contribution in [-0.4, -0.2) is 71.1 Å². The maximum absolute atomic E-state index is 12.3. The molecule has 1 aliphatic rings. The van der Waals surface area contributed by atoms with Gasteiger partial charge in [0.25, 0.3) is 17.5 Å². The van der Waals surface area contributed by atoms with E-state index in [0.29, 0.717) is 4.90 Å². The molecule has 0 aromatic heterocycles. The van der Waals surface area contributed by atoms with Crippen LogP contribution in [0.1, 0.15) is 34.1 Å². The average molecular weight is 427 g/mol. The molecule has 1 aliphatic heterocycles. The number of nitrogens with one attached hydrogen (secondary N) is 1. The zero-order chi connectivity index (χ0) is 21.9. The molecule has 13 heteroatoms. The van der Waals surface area contributed by atoms with E-state index in [0.717, 1.165) is 18.2 Å². The third-order valence-electron chi connectivity index (χ3n) is 4.26. The van der Waals surface area contributed by atoms with Crippen molar-refractivity contribution >= 4 is 39.2 Å². The number of carbonyl (C=O) groups excluding carboxylic acids is 3. The summed E-state index contributed by atoms with van der Waals surface area (Å²) in [5.41, 5.74) is -0.752. The van der Waals surface area contributed by atoms with Crippen molar-refractivity contribution in [2.24, 2.45) is 0 Å². The molecule has 1 aromatic rings. The Balaban J connectivity index is 2.09. The maximum atomic E-state index is 12.3. The Kier molecular flexibility index (Phi) is 6.31. The Bertz CT molecular complexity index is 1000. The summed E-state index contributed by atoms with van der Waals surface area (Å²) in [5, 5.41) is 22.1. The van der Waals surface area contributed by atoms with Crippen molar-refractivity contribution in [1.29, 1.82) is 0 Å². The number of fused-ring (bicyclic) bond motifs is 1. The van der Waals surface area contributed by atoms with Crippen LogP contribution in [0.3, 0.4) is 0 Å². The standard InChI is InChI=1S/C16H17N3O9S/c1-2-29(27,28)6-5-12(16(23)24)17-13(20)8-18-14(21)10-4-3-9(19(25)26)7-11(10)15(18)22/h3-4,7,12H,2,5-6,8H2,1H3,(H,17,20)(H,23,24). The van der Waals surface area contributed by atoms with Gasteiger partial charge in [0.2, 0.25) is 5.91 Å². The Morgan fingerprint density at radius 1 is 1.24 bits per heavy atom. The second kappa shape index (κ2) is 8.34. The van der Waals surface area contributed by atoms with Gasteiger partial charge in [-0.1, -0.05) is 6.92 Å². The van der Waals surface area contributed by atoms with Crippen LogP contribution in [0.2, 0.25) is 0 Å². The van der Waals surface area contributed by atoms with Crippen molar-refractivity contribution in [2.75, 3.05) is 18.1 Å². The van der Waals surface area contributed by atoms with Crippen molar-refractivity contribution in [3.63, 3.8) is 0 Å². The third-order valence-corrected chi connectivity index (χ3v) is 5.99. The van der Waals surface area contributed by atoms with Crippen molar-refractivity contribution < 1.29 is 37.6 Å². The summed E-state index contributed by atoms with van der Waals surface area (Å²) in [5.74, 6) is -4.89. The molecule has 2 N–H and O–H groups in total. The minimum Gasteiger partial charge on any atom is -0.480 e. The number of carboxylic acids is 1. The predicted molar refractivity (Wildman–Crippen MR) is 97.0 cm³/mol. The number of nitro benzene ring substituents is 1. The molecule has 2 rings (SSSR count). The van der Waals surface area contributed by atoms with Gasteiger partial charge in [0.15, 0.2) is 0 Å². The number of benzene rings is 1. The molecule has 156 valence electrons. The Morgan fingerprint density at radius 3 is 2.41 bits per heavy atom. The number of non-ortho nitro benzene ring substituents is 1. The van der Waals surface area contributed by atoms with Gasteiger partial charge >= 0.3 is 5.97 Å². The lowest BCUT2D eigenvalue weighted by atomic mass is 10.1. The minimum absolute atomic E-state index is 0.114. The molecule has 1 unspecified atom stereocenters. The highest BCUT2D eigenvalue weighted by atomic mass is 32.2. The number of aliphatic carboxylic acids is 1. The molecular weight excluding hydrogens is 410 g/mol. The summed E-state index contributed by atoms with van der Waals surface area (Å²) in [6.07, 6.45) is -0.383. The molecule has 0 aliphatic carbocycles. The minimum atomic E-state index is -3.46. The lowest BCUT2D eigenvalue weighted by Crippen LogP contribution is -2.47. The number of hydrogen-bond donors (Lipinski definition) is 2. The first-order valence-corrected chi connectivity index (χ1v) is 10.2. The Labute approximate surface area is 164 Å². The molecule has 0 fully saturated rings. The van der Waals surface area contributed by atoms with Crippen molar-refractivity contribution in [3.05, 3.63) is 39.4 Å². The third kappa shape index (κ3) is 4.93. The smallest absolute Gasteiger partial charge is 0.326 e. The van der Waals surface area contributed by atoms with Crippen LogP contribution in [0.5, 0.6) is 0 Å². The molecule has 1 heterocycles. The summed E-state index contributed by atoms with van der Waals surface area (Å²) in [7, 11) is -3.46. The molecule has 1 aromatic carbocycles. The molecule has 1 atom stereocenters. The van der Waals surface area contributed by atoms with E-state index in [1.54, 1.807) is 0 Å². The van der Waals surface area contributed by atoms with Gasteiger partial charge in [-0.2, -0.15) is 0 Å². The van der Waals surface area contributed by atoms with E-state index in [1.165, 1.54) is 6.92 Å². The van der Waals surface area contributed by atoms with Crippen molar-refractivity contribution in [3.8, 4) is 0 Å². The monoisotopic (exact) mass is 427 g/mol.